The third-order valence-electron chi connectivity index (χ3n) is 3.03. The fraction of sp³-hybridized carbons (Fsp3) is 0.133. The van der Waals surface area contributed by atoms with Crippen LogP contribution in [0.15, 0.2) is 42.7 Å². The lowest BCUT2D eigenvalue weighted by Gasteiger charge is -2.03. The van der Waals surface area contributed by atoms with Crippen LogP contribution in [0.4, 0.5) is 5.69 Å². The molecule has 6 nitrogen and oxygen atoms in total. The SMILES string of the molecule is CCOC(=O)c1c(-c2cccc(N)c2)nn2cccnc12. The van der Waals surface area contributed by atoms with Gasteiger partial charge in [-0.1, -0.05) is 12.1 Å². The van der Waals surface area contributed by atoms with E-state index in [1.165, 1.54) is 0 Å². The van der Waals surface area contributed by atoms with E-state index in [0.717, 1.165) is 5.56 Å². The highest BCUT2D eigenvalue weighted by Crippen LogP contribution is 2.27. The lowest BCUT2D eigenvalue weighted by molar-refractivity contribution is 0.0529. The summed E-state index contributed by atoms with van der Waals surface area (Å²) in [5.41, 5.74) is 8.50. The maximum absolute atomic E-state index is 12.3. The molecule has 0 unspecified atom stereocenters. The van der Waals surface area contributed by atoms with Gasteiger partial charge < -0.3 is 10.5 Å². The van der Waals surface area contributed by atoms with Gasteiger partial charge in [0.2, 0.25) is 0 Å². The van der Waals surface area contributed by atoms with Crippen LogP contribution < -0.4 is 5.73 Å². The van der Waals surface area contributed by atoms with Crippen LogP contribution in [0, 0.1) is 0 Å². The van der Waals surface area contributed by atoms with Crippen molar-refractivity contribution in [2.45, 2.75) is 6.92 Å². The second-order valence-electron chi connectivity index (χ2n) is 4.46. The van der Waals surface area contributed by atoms with E-state index in [2.05, 4.69) is 10.1 Å². The summed E-state index contributed by atoms with van der Waals surface area (Å²) in [5.74, 6) is -0.441. The highest BCUT2D eigenvalue weighted by Gasteiger charge is 2.23. The average Bonchev–Trinajstić information content (AvgIpc) is 2.87. The molecule has 0 saturated heterocycles. The number of anilines is 1. The third-order valence-corrected chi connectivity index (χ3v) is 3.03. The summed E-state index contributed by atoms with van der Waals surface area (Å²) >= 11 is 0. The Morgan fingerprint density at radius 2 is 2.24 bits per heavy atom. The summed E-state index contributed by atoms with van der Waals surface area (Å²) in [6, 6.07) is 8.96. The van der Waals surface area contributed by atoms with E-state index < -0.39 is 5.97 Å². The second kappa shape index (κ2) is 5.24. The van der Waals surface area contributed by atoms with Crippen LogP contribution in [0.2, 0.25) is 0 Å². The van der Waals surface area contributed by atoms with Crippen molar-refractivity contribution in [2.75, 3.05) is 12.3 Å². The first-order chi connectivity index (χ1) is 10.2. The quantitative estimate of drug-likeness (QED) is 0.588. The molecule has 0 aliphatic carbocycles. The van der Waals surface area contributed by atoms with Gasteiger partial charge in [-0.05, 0) is 25.1 Å². The van der Waals surface area contributed by atoms with Crippen LogP contribution in [0.1, 0.15) is 17.3 Å². The predicted molar refractivity (Wildman–Crippen MR) is 78.8 cm³/mol. The first-order valence-corrected chi connectivity index (χ1v) is 6.57. The molecule has 0 aliphatic heterocycles. The number of aromatic nitrogens is 3. The molecule has 0 aliphatic rings. The van der Waals surface area contributed by atoms with Crippen LogP contribution in [-0.4, -0.2) is 27.2 Å². The number of carbonyl (C=O) groups is 1. The number of esters is 1. The molecule has 21 heavy (non-hydrogen) atoms. The van der Waals surface area contributed by atoms with Gasteiger partial charge in [-0.15, -0.1) is 0 Å². The minimum Gasteiger partial charge on any atom is -0.462 e. The van der Waals surface area contributed by atoms with Gasteiger partial charge in [-0.3, -0.25) is 0 Å². The van der Waals surface area contributed by atoms with Gasteiger partial charge >= 0.3 is 5.97 Å². The number of hydrogen-bond acceptors (Lipinski definition) is 5. The fourth-order valence-corrected chi connectivity index (χ4v) is 2.17. The molecule has 1 aromatic carbocycles. The zero-order valence-electron chi connectivity index (χ0n) is 11.5. The number of nitrogens with two attached hydrogens (primary N) is 1. The Balaban J connectivity index is 2.26. The fourth-order valence-electron chi connectivity index (χ4n) is 2.17. The zero-order chi connectivity index (χ0) is 14.8. The van der Waals surface area contributed by atoms with Crippen LogP contribution in [0.3, 0.4) is 0 Å². The molecular weight excluding hydrogens is 268 g/mol. The molecule has 2 N–H and O–H groups in total. The third kappa shape index (κ3) is 2.31. The number of ether oxygens (including phenoxy) is 1. The number of carbonyl (C=O) groups excluding carboxylic acids is 1. The van der Waals surface area contributed by atoms with E-state index in [1.54, 1.807) is 42.0 Å². The van der Waals surface area contributed by atoms with Crippen molar-refractivity contribution in [3.05, 3.63) is 48.3 Å². The Kier molecular flexibility index (Phi) is 3.27. The van der Waals surface area contributed by atoms with E-state index in [1.807, 2.05) is 12.1 Å². The minimum atomic E-state index is -0.441. The summed E-state index contributed by atoms with van der Waals surface area (Å²) in [7, 11) is 0. The molecular formula is C15H14N4O2. The monoisotopic (exact) mass is 282 g/mol. The van der Waals surface area contributed by atoms with Crippen molar-refractivity contribution >= 4 is 17.3 Å². The summed E-state index contributed by atoms with van der Waals surface area (Å²) < 4.78 is 6.68. The zero-order valence-corrected chi connectivity index (χ0v) is 11.5. The molecule has 0 spiro atoms. The molecule has 0 saturated carbocycles. The summed E-state index contributed by atoms with van der Waals surface area (Å²) in [6.07, 6.45) is 3.35. The summed E-state index contributed by atoms with van der Waals surface area (Å²) in [4.78, 5) is 16.5. The highest BCUT2D eigenvalue weighted by atomic mass is 16.5. The molecule has 2 heterocycles. The largest absolute Gasteiger partial charge is 0.462 e. The van der Waals surface area contributed by atoms with Gasteiger partial charge in [-0.2, -0.15) is 5.10 Å². The van der Waals surface area contributed by atoms with Crippen molar-refractivity contribution in [1.29, 1.82) is 0 Å². The Bertz CT molecular complexity index is 810. The van der Waals surface area contributed by atoms with E-state index in [9.17, 15) is 4.79 Å². The van der Waals surface area contributed by atoms with Gasteiger partial charge in [0.05, 0.1) is 6.61 Å². The number of fused-ring (bicyclic) bond motifs is 1. The molecule has 6 heteroatoms. The molecule has 0 atom stereocenters. The standard InChI is InChI=1S/C15H14N4O2/c1-2-21-15(20)12-13(10-5-3-6-11(16)9-10)18-19-8-4-7-17-14(12)19/h3-9H,2,16H2,1H3. The lowest BCUT2D eigenvalue weighted by Crippen LogP contribution is -2.06. The van der Waals surface area contributed by atoms with E-state index >= 15 is 0 Å². The lowest BCUT2D eigenvalue weighted by atomic mass is 10.1. The maximum atomic E-state index is 12.3. The van der Waals surface area contributed by atoms with Gasteiger partial charge in [0.1, 0.15) is 11.3 Å². The van der Waals surface area contributed by atoms with Crippen LogP contribution in [0.25, 0.3) is 16.9 Å². The van der Waals surface area contributed by atoms with Crippen LogP contribution in [0.5, 0.6) is 0 Å². The first-order valence-electron chi connectivity index (χ1n) is 6.57. The van der Waals surface area contributed by atoms with Crippen LogP contribution >= 0.6 is 0 Å². The Morgan fingerprint density at radius 3 is 3.00 bits per heavy atom. The molecule has 3 aromatic rings. The van der Waals surface area contributed by atoms with Gasteiger partial charge in [0, 0.05) is 23.6 Å². The minimum absolute atomic E-state index is 0.291. The van der Waals surface area contributed by atoms with Crippen molar-refractivity contribution < 1.29 is 9.53 Å². The molecule has 0 amide bonds. The Hall–Kier alpha value is -2.89. The maximum Gasteiger partial charge on any atom is 0.344 e. The first kappa shape index (κ1) is 13.1. The van der Waals surface area contributed by atoms with Gasteiger partial charge in [-0.25, -0.2) is 14.3 Å². The number of benzene rings is 1. The van der Waals surface area contributed by atoms with E-state index in [4.69, 9.17) is 10.5 Å². The molecule has 0 bridgehead atoms. The normalized spacial score (nSPS) is 10.7. The molecule has 106 valence electrons. The highest BCUT2D eigenvalue weighted by molar-refractivity contribution is 6.02. The number of rotatable bonds is 3. The summed E-state index contributed by atoms with van der Waals surface area (Å²) in [5, 5.41) is 4.43. The molecule has 0 fully saturated rings. The Labute approximate surface area is 121 Å². The van der Waals surface area contributed by atoms with Crippen molar-refractivity contribution in [2.24, 2.45) is 0 Å². The van der Waals surface area contributed by atoms with Gasteiger partial charge in [0.15, 0.2) is 5.65 Å². The van der Waals surface area contributed by atoms with E-state index in [0.29, 0.717) is 29.2 Å². The Morgan fingerprint density at radius 1 is 1.38 bits per heavy atom. The predicted octanol–water partition coefficient (Wildman–Crippen LogP) is 2.16. The van der Waals surface area contributed by atoms with Crippen molar-refractivity contribution in [3.63, 3.8) is 0 Å². The summed E-state index contributed by atoms with van der Waals surface area (Å²) in [6.45, 7) is 2.05. The molecule has 0 radical (unpaired) electrons. The van der Waals surface area contributed by atoms with Crippen LogP contribution in [-0.2, 0) is 4.74 Å². The van der Waals surface area contributed by atoms with Crippen molar-refractivity contribution in [3.8, 4) is 11.3 Å². The topological polar surface area (TPSA) is 82.5 Å². The average molecular weight is 282 g/mol. The second-order valence-corrected chi connectivity index (χ2v) is 4.46. The van der Waals surface area contributed by atoms with Crippen molar-refractivity contribution in [1.82, 2.24) is 14.6 Å². The van der Waals surface area contributed by atoms with E-state index in [-0.39, 0.29) is 0 Å². The molecule has 2 aromatic heterocycles. The number of hydrogen-bond donors (Lipinski definition) is 1. The number of nitrogens with zero attached hydrogens (tertiary/aromatic N) is 3. The molecule has 3 rings (SSSR count). The van der Waals surface area contributed by atoms with Gasteiger partial charge in [0.25, 0.3) is 0 Å². The number of nitrogen functional groups attached to an aromatic ring is 1. The smallest absolute Gasteiger partial charge is 0.344 e.